The van der Waals surface area contributed by atoms with Gasteiger partial charge in [0.25, 0.3) is 0 Å². The van der Waals surface area contributed by atoms with Gasteiger partial charge >= 0.3 is 7.12 Å². The van der Waals surface area contributed by atoms with Gasteiger partial charge < -0.3 is 25.4 Å². The number of nitrogens with zero attached hydrogens (tertiary/aromatic N) is 1. The second-order valence-corrected chi connectivity index (χ2v) is 11.8. The third-order valence-corrected chi connectivity index (χ3v) is 9.21. The lowest BCUT2D eigenvalue weighted by atomic mass is 9.67. The number of carbonyl (C=O) groups excluding carboxylic acids is 2. The molecule has 2 aliphatic rings. The highest BCUT2D eigenvalue weighted by Crippen LogP contribution is 2.48. The van der Waals surface area contributed by atoms with Crippen LogP contribution in [0, 0.1) is 17.8 Å². The molecule has 1 fully saturated rings. The Hall–Kier alpha value is -3.76. The van der Waals surface area contributed by atoms with Crippen LogP contribution in [0.25, 0.3) is 16.8 Å². The highest BCUT2D eigenvalue weighted by Gasteiger charge is 2.55. The molecule has 9 heteroatoms. The summed E-state index contributed by atoms with van der Waals surface area (Å²) in [5, 5.41) is 53.6. The van der Waals surface area contributed by atoms with E-state index in [2.05, 4.69) is 13.0 Å². The molecule has 1 saturated heterocycles. The number of carbonyl (C=O) groups is 2. The number of fused-ring (bicyclic) bond motifs is 2. The molecule has 4 atom stereocenters. The number of aliphatic hydroxyl groups excluding tert-OH is 2. The molecule has 1 aliphatic heterocycles. The van der Waals surface area contributed by atoms with Crippen molar-refractivity contribution in [2.75, 3.05) is 11.5 Å². The van der Waals surface area contributed by atoms with E-state index in [4.69, 9.17) is 0 Å². The van der Waals surface area contributed by atoms with Crippen molar-refractivity contribution in [3.63, 3.8) is 0 Å². The summed E-state index contributed by atoms with van der Waals surface area (Å²) in [6.45, 7) is 3.71. The van der Waals surface area contributed by atoms with Gasteiger partial charge in [0.1, 0.15) is 5.75 Å². The first kappa shape index (κ1) is 31.7. The molecule has 5 N–H and O–H groups in total. The van der Waals surface area contributed by atoms with Crippen molar-refractivity contribution in [1.82, 2.24) is 0 Å². The number of phenols is 1. The van der Waals surface area contributed by atoms with Crippen LogP contribution in [0.5, 0.6) is 5.75 Å². The number of amides is 2. The number of hydrogen-bond donors (Lipinski definition) is 5. The van der Waals surface area contributed by atoms with E-state index in [1.165, 1.54) is 12.1 Å². The number of anilines is 1. The van der Waals surface area contributed by atoms with Crippen molar-refractivity contribution in [2.24, 2.45) is 17.8 Å². The molecule has 230 valence electrons. The van der Waals surface area contributed by atoms with Crippen molar-refractivity contribution < 1.29 is 35.0 Å². The smallest absolute Gasteiger partial charge is 0.488 e. The summed E-state index contributed by atoms with van der Waals surface area (Å²) < 4.78 is 0. The molecule has 0 spiro atoms. The van der Waals surface area contributed by atoms with Crippen LogP contribution in [0.2, 0.25) is 0 Å². The second kappa shape index (κ2) is 13.5. The van der Waals surface area contributed by atoms with Crippen LogP contribution in [-0.4, -0.2) is 57.0 Å². The Kier molecular flexibility index (Phi) is 9.70. The Morgan fingerprint density at radius 2 is 1.77 bits per heavy atom. The molecule has 1 heterocycles. The van der Waals surface area contributed by atoms with E-state index in [9.17, 15) is 35.0 Å². The van der Waals surface area contributed by atoms with Gasteiger partial charge in [0.05, 0.1) is 30.2 Å². The molecule has 5 rings (SSSR count). The van der Waals surface area contributed by atoms with Gasteiger partial charge in [-0.3, -0.25) is 14.5 Å². The zero-order valence-electron chi connectivity index (χ0n) is 25.2. The van der Waals surface area contributed by atoms with Crippen molar-refractivity contribution in [3.8, 4) is 5.75 Å². The minimum atomic E-state index is -1.75. The van der Waals surface area contributed by atoms with Gasteiger partial charge in [-0.2, -0.15) is 0 Å². The van der Waals surface area contributed by atoms with Gasteiger partial charge in [0, 0.05) is 11.3 Å². The second-order valence-electron chi connectivity index (χ2n) is 11.8. The molecule has 0 unspecified atom stereocenters. The summed E-state index contributed by atoms with van der Waals surface area (Å²) >= 11 is 0. The normalized spacial score (nSPS) is 21.3. The number of phenolic OH excluding ortho intramolecular Hbond substituents is 1. The average Bonchev–Trinajstić information content (AvgIpc) is 3.28. The highest BCUT2D eigenvalue weighted by molar-refractivity contribution is 6.58. The average molecular weight is 598 g/mol. The molecular weight excluding hydrogens is 557 g/mol. The number of aromatic hydroxyl groups is 1. The summed E-state index contributed by atoms with van der Waals surface area (Å²) in [6, 6.07) is 17.3. The number of imide groups is 1. The molecule has 0 radical (unpaired) electrons. The van der Waals surface area contributed by atoms with Crippen LogP contribution in [0.1, 0.15) is 57.9 Å². The summed E-state index contributed by atoms with van der Waals surface area (Å²) in [5.41, 5.74) is 4.12. The maximum atomic E-state index is 13.8. The lowest BCUT2D eigenvalue weighted by molar-refractivity contribution is -0.123. The van der Waals surface area contributed by atoms with Gasteiger partial charge in [0.15, 0.2) is 0 Å². The first-order chi connectivity index (χ1) is 21.2. The van der Waals surface area contributed by atoms with Crippen molar-refractivity contribution in [2.45, 2.75) is 58.5 Å². The minimum absolute atomic E-state index is 0.165. The number of aliphatic hydroxyl groups is 2. The third kappa shape index (κ3) is 5.97. The van der Waals surface area contributed by atoms with Crippen LogP contribution in [-0.2, 0) is 9.59 Å². The Morgan fingerprint density at radius 3 is 2.45 bits per heavy atom. The quantitative estimate of drug-likeness (QED) is 0.128. The Bertz CT molecular complexity index is 1610. The number of allylic oxidation sites excluding steroid dienone is 2. The molecule has 3 aromatic carbocycles. The first-order valence-corrected chi connectivity index (χ1v) is 15.4. The van der Waals surface area contributed by atoms with Crippen molar-refractivity contribution in [3.05, 3.63) is 82.9 Å². The van der Waals surface area contributed by atoms with Crippen LogP contribution in [0.3, 0.4) is 0 Å². The topological polar surface area (TPSA) is 139 Å². The fraction of sp³-hybridized carbons (Fsp3) is 0.371. The van der Waals surface area contributed by atoms with E-state index in [1.54, 1.807) is 18.2 Å². The Morgan fingerprint density at radius 1 is 1.02 bits per heavy atom. The third-order valence-electron chi connectivity index (χ3n) is 9.21. The van der Waals surface area contributed by atoms with Crippen molar-refractivity contribution in [1.29, 1.82) is 0 Å². The van der Waals surface area contributed by atoms with E-state index in [0.717, 1.165) is 45.2 Å². The van der Waals surface area contributed by atoms with Gasteiger partial charge in [-0.1, -0.05) is 80.0 Å². The van der Waals surface area contributed by atoms with E-state index in [-0.39, 0.29) is 29.4 Å². The minimum Gasteiger partial charge on any atom is -0.507 e. The fourth-order valence-electron chi connectivity index (χ4n) is 7.06. The standard InChI is InChI=1S/C35H40BNO7/c1-3-8-23-18-28-33(35(42)37(34(28)41)25-10-7-9-24(19-25)36(43)44)29(20-38)32(23)31(40)15-13-21(4-2)17-22-14-16-30(39)27-12-6-5-11-26(22)27/h5-7,9-12,14,16-17,19,28-29,31,33,38-40,43-44H,3-4,8,13,15,18,20H2,1-2H3/b21-17+/t28-,29+,31-,33-/m1/s1. The predicted molar refractivity (Wildman–Crippen MR) is 172 cm³/mol. The molecule has 0 aromatic heterocycles. The maximum Gasteiger partial charge on any atom is 0.488 e. The van der Waals surface area contributed by atoms with Crippen LogP contribution < -0.4 is 10.4 Å². The predicted octanol–water partition coefficient (Wildman–Crippen LogP) is 4.07. The van der Waals surface area contributed by atoms with E-state index < -0.39 is 36.9 Å². The number of hydrogen-bond acceptors (Lipinski definition) is 7. The molecule has 1 aliphatic carbocycles. The summed E-state index contributed by atoms with van der Waals surface area (Å²) in [4.78, 5) is 28.6. The molecule has 44 heavy (non-hydrogen) atoms. The van der Waals surface area contributed by atoms with Crippen LogP contribution in [0.4, 0.5) is 5.69 Å². The van der Waals surface area contributed by atoms with Gasteiger partial charge in [-0.15, -0.1) is 0 Å². The zero-order chi connectivity index (χ0) is 31.5. The highest BCUT2D eigenvalue weighted by atomic mass is 16.4. The number of benzene rings is 3. The largest absolute Gasteiger partial charge is 0.507 e. The van der Waals surface area contributed by atoms with Gasteiger partial charge in [-0.05, 0) is 72.3 Å². The van der Waals surface area contributed by atoms with E-state index in [0.29, 0.717) is 31.3 Å². The Balaban J connectivity index is 1.42. The number of rotatable bonds is 11. The summed E-state index contributed by atoms with van der Waals surface area (Å²) in [6.07, 6.45) is 4.73. The zero-order valence-corrected chi connectivity index (χ0v) is 25.2. The SMILES string of the molecule is CCCC1=C([C@H](O)CC/C(=C/c2ccc(O)c3ccccc23)CC)[C@H](CO)[C@@H]2C(=O)N(c3cccc(B(O)O)c3)C(=O)[C@@H]2C1. The monoisotopic (exact) mass is 597 g/mol. The molecule has 3 aromatic rings. The van der Waals surface area contributed by atoms with Crippen molar-refractivity contribution >= 4 is 46.9 Å². The first-order valence-electron chi connectivity index (χ1n) is 15.4. The summed E-state index contributed by atoms with van der Waals surface area (Å²) in [7, 11) is -1.75. The molecule has 0 saturated carbocycles. The summed E-state index contributed by atoms with van der Waals surface area (Å²) in [5.74, 6) is -2.77. The maximum absolute atomic E-state index is 13.8. The molecule has 0 bridgehead atoms. The van der Waals surface area contributed by atoms with E-state index >= 15 is 0 Å². The molecular formula is C35H40BNO7. The van der Waals surface area contributed by atoms with Crippen LogP contribution in [0.15, 0.2) is 77.4 Å². The molecule has 8 nitrogen and oxygen atoms in total. The fourth-order valence-corrected chi connectivity index (χ4v) is 7.06. The lowest BCUT2D eigenvalue weighted by Crippen LogP contribution is -2.39. The van der Waals surface area contributed by atoms with E-state index in [1.807, 2.05) is 37.3 Å². The lowest BCUT2D eigenvalue weighted by Gasteiger charge is -2.36. The Labute approximate surface area is 258 Å². The van der Waals surface area contributed by atoms with Crippen LogP contribution >= 0.6 is 0 Å². The van der Waals surface area contributed by atoms with Gasteiger partial charge in [-0.25, -0.2) is 0 Å². The molecule has 2 amide bonds. The van der Waals surface area contributed by atoms with Gasteiger partial charge in [0.2, 0.25) is 11.8 Å².